The standard InChI is InChI=1S/C14H21N3O2S/c1-3-4-5-6-7-12(2)17-20(18,19)14-9-8-13(10-15)16-11-14/h8-9,11-12,17H,3-7H2,1-2H3. The van der Waals surface area contributed by atoms with Crippen molar-refractivity contribution < 1.29 is 8.42 Å². The number of unbranched alkanes of at least 4 members (excludes halogenated alkanes) is 3. The first-order chi connectivity index (χ1) is 9.49. The van der Waals surface area contributed by atoms with E-state index in [1.165, 1.54) is 24.8 Å². The van der Waals surface area contributed by atoms with E-state index in [1.54, 1.807) is 0 Å². The minimum atomic E-state index is -3.55. The molecular weight excluding hydrogens is 274 g/mol. The average molecular weight is 295 g/mol. The summed E-state index contributed by atoms with van der Waals surface area (Å²) in [5, 5.41) is 8.64. The molecule has 5 nitrogen and oxygen atoms in total. The molecule has 0 fully saturated rings. The Morgan fingerprint density at radius 1 is 1.35 bits per heavy atom. The summed E-state index contributed by atoms with van der Waals surface area (Å²) in [7, 11) is -3.55. The van der Waals surface area contributed by atoms with Crippen molar-refractivity contribution in [2.45, 2.75) is 56.9 Å². The molecule has 0 radical (unpaired) electrons. The van der Waals surface area contributed by atoms with E-state index in [0.29, 0.717) is 0 Å². The molecule has 0 bridgehead atoms. The van der Waals surface area contributed by atoms with E-state index in [1.807, 2.05) is 13.0 Å². The van der Waals surface area contributed by atoms with E-state index in [9.17, 15) is 8.42 Å². The van der Waals surface area contributed by atoms with Crippen molar-refractivity contribution in [1.82, 2.24) is 9.71 Å². The summed E-state index contributed by atoms with van der Waals surface area (Å²) < 4.78 is 26.8. The Balaban J connectivity index is 2.58. The van der Waals surface area contributed by atoms with E-state index >= 15 is 0 Å². The number of aromatic nitrogens is 1. The lowest BCUT2D eigenvalue weighted by molar-refractivity contribution is 0.521. The zero-order chi connectivity index (χ0) is 15.0. The van der Waals surface area contributed by atoms with Gasteiger partial charge in [-0.3, -0.25) is 0 Å². The molecule has 0 amide bonds. The van der Waals surface area contributed by atoms with Crippen molar-refractivity contribution in [1.29, 1.82) is 5.26 Å². The van der Waals surface area contributed by atoms with E-state index in [2.05, 4.69) is 16.6 Å². The van der Waals surface area contributed by atoms with Crippen molar-refractivity contribution in [3.63, 3.8) is 0 Å². The van der Waals surface area contributed by atoms with Crippen LogP contribution in [0, 0.1) is 11.3 Å². The van der Waals surface area contributed by atoms with Crippen LogP contribution < -0.4 is 4.72 Å². The van der Waals surface area contributed by atoms with E-state index in [-0.39, 0.29) is 16.6 Å². The third kappa shape index (κ3) is 5.27. The van der Waals surface area contributed by atoms with E-state index in [4.69, 9.17) is 5.26 Å². The predicted octanol–water partition coefficient (Wildman–Crippen LogP) is 2.59. The molecular formula is C14H21N3O2S. The first-order valence-electron chi connectivity index (χ1n) is 6.88. The second-order valence-corrected chi connectivity index (χ2v) is 6.58. The Bertz CT molecular complexity index is 547. The van der Waals surface area contributed by atoms with Crippen LogP contribution in [0.3, 0.4) is 0 Å². The Morgan fingerprint density at radius 3 is 2.65 bits per heavy atom. The normalized spacial score (nSPS) is 12.8. The molecule has 1 aromatic heterocycles. The molecule has 0 aromatic carbocycles. The summed E-state index contributed by atoms with van der Waals surface area (Å²) in [6, 6.07) is 4.56. The van der Waals surface area contributed by atoms with E-state index in [0.717, 1.165) is 25.7 Å². The van der Waals surface area contributed by atoms with Gasteiger partial charge in [-0.25, -0.2) is 18.1 Å². The van der Waals surface area contributed by atoms with Crippen LogP contribution in [0.25, 0.3) is 0 Å². The van der Waals surface area contributed by atoms with Gasteiger partial charge in [0.15, 0.2) is 0 Å². The molecule has 110 valence electrons. The van der Waals surface area contributed by atoms with Crippen LogP contribution in [0.2, 0.25) is 0 Å². The van der Waals surface area contributed by atoms with Crippen LogP contribution in [0.4, 0.5) is 0 Å². The fourth-order valence-corrected chi connectivity index (χ4v) is 3.10. The highest BCUT2D eigenvalue weighted by Gasteiger charge is 2.17. The molecule has 0 spiro atoms. The molecule has 6 heteroatoms. The molecule has 0 aliphatic carbocycles. The number of sulfonamides is 1. The molecule has 1 aromatic rings. The number of nitriles is 1. The molecule has 20 heavy (non-hydrogen) atoms. The summed E-state index contributed by atoms with van der Waals surface area (Å²) in [5.41, 5.74) is 0.205. The van der Waals surface area contributed by atoms with E-state index < -0.39 is 10.0 Å². The van der Waals surface area contributed by atoms with Gasteiger partial charge in [0.25, 0.3) is 0 Å². The number of hydrogen-bond acceptors (Lipinski definition) is 4. The van der Waals surface area contributed by atoms with Gasteiger partial charge in [-0.1, -0.05) is 32.6 Å². The molecule has 1 atom stereocenters. The lowest BCUT2D eigenvalue weighted by atomic mass is 10.1. The highest BCUT2D eigenvalue weighted by Crippen LogP contribution is 2.11. The first-order valence-corrected chi connectivity index (χ1v) is 8.36. The second kappa shape index (κ2) is 7.98. The van der Waals surface area contributed by atoms with Crippen molar-refractivity contribution >= 4 is 10.0 Å². The predicted molar refractivity (Wildman–Crippen MR) is 77.5 cm³/mol. The highest BCUT2D eigenvalue weighted by molar-refractivity contribution is 7.89. The van der Waals surface area contributed by atoms with Crippen LogP contribution in [-0.2, 0) is 10.0 Å². The second-order valence-electron chi connectivity index (χ2n) is 4.86. The smallest absolute Gasteiger partial charge is 0.242 e. The lowest BCUT2D eigenvalue weighted by Crippen LogP contribution is -2.32. The summed E-state index contributed by atoms with van der Waals surface area (Å²) in [6.45, 7) is 4.00. The van der Waals surface area contributed by atoms with Gasteiger partial charge >= 0.3 is 0 Å². The minimum Gasteiger partial charge on any atom is -0.244 e. The fraction of sp³-hybridized carbons (Fsp3) is 0.571. The molecule has 0 saturated heterocycles. The van der Waals surface area contributed by atoms with Gasteiger partial charge in [0.1, 0.15) is 16.7 Å². The average Bonchev–Trinajstić information content (AvgIpc) is 2.43. The summed E-state index contributed by atoms with van der Waals surface area (Å²) in [5.74, 6) is 0. The third-order valence-electron chi connectivity index (χ3n) is 3.01. The van der Waals surface area contributed by atoms with Gasteiger partial charge in [-0.05, 0) is 25.5 Å². The zero-order valence-corrected chi connectivity index (χ0v) is 12.8. The van der Waals surface area contributed by atoms with Gasteiger partial charge in [0, 0.05) is 12.2 Å². The Hall–Kier alpha value is -1.45. The molecule has 1 heterocycles. The first kappa shape index (κ1) is 16.6. The minimum absolute atomic E-state index is 0.0944. The number of nitrogens with zero attached hydrogens (tertiary/aromatic N) is 2. The monoisotopic (exact) mass is 295 g/mol. The van der Waals surface area contributed by atoms with Crippen molar-refractivity contribution in [3.8, 4) is 6.07 Å². The lowest BCUT2D eigenvalue weighted by Gasteiger charge is -2.13. The molecule has 0 aliphatic rings. The quantitative estimate of drug-likeness (QED) is 0.747. The largest absolute Gasteiger partial charge is 0.244 e. The Morgan fingerprint density at radius 2 is 2.10 bits per heavy atom. The molecule has 1 N–H and O–H groups in total. The number of nitrogens with one attached hydrogen (secondary N) is 1. The van der Waals surface area contributed by atoms with Crippen LogP contribution >= 0.6 is 0 Å². The maximum absolute atomic E-state index is 12.1. The van der Waals surface area contributed by atoms with Crippen molar-refractivity contribution in [3.05, 3.63) is 24.0 Å². The Labute approximate surface area is 121 Å². The highest BCUT2D eigenvalue weighted by atomic mass is 32.2. The molecule has 1 rings (SSSR count). The number of hydrogen-bond donors (Lipinski definition) is 1. The van der Waals surface area contributed by atoms with Crippen molar-refractivity contribution in [2.75, 3.05) is 0 Å². The van der Waals surface area contributed by atoms with Gasteiger partial charge in [-0.2, -0.15) is 5.26 Å². The number of rotatable bonds is 8. The fourth-order valence-electron chi connectivity index (χ4n) is 1.87. The zero-order valence-electron chi connectivity index (χ0n) is 12.0. The van der Waals surface area contributed by atoms with Crippen LogP contribution in [-0.4, -0.2) is 19.4 Å². The summed E-state index contributed by atoms with van der Waals surface area (Å²) in [4.78, 5) is 3.87. The van der Waals surface area contributed by atoms with Crippen LogP contribution in [0.1, 0.15) is 51.6 Å². The molecule has 1 unspecified atom stereocenters. The maximum Gasteiger partial charge on any atom is 0.242 e. The summed E-state index contributed by atoms with van der Waals surface area (Å²) in [6.07, 6.45) is 6.52. The van der Waals surface area contributed by atoms with Gasteiger partial charge in [0.2, 0.25) is 10.0 Å². The van der Waals surface area contributed by atoms with Crippen LogP contribution in [0.15, 0.2) is 23.2 Å². The summed E-state index contributed by atoms with van der Waals surface area (Å²) >= 11 is 0. The van der Waals surface area contributed by atoms with Crippen LogP contribution in [0.5, 0.6) is 0 Å². The topological polar surface area (TPSA) is 82.9 Å². The van der Waals surface area contributed by atoms with Crippen molar-refractivity contribution in [2.24, 2.45) is 0 Å². The van der Waals surface area contributed by atoms with Gasteiger partial charge in [0.05, 0.1) is 0 Å². The maximum atomic E-state index is 12.1. The SMILES string of the molecule is CCCCCCC(C)NS(=O)(=O)c1ccc(C#N)nc1. The molecule has 0 aliphatic heterocycles. The van der Waals surface area contributed by atoms with Gasteiger partial charge < -0.3 is 0 Å². The third-order valence-corrected chi connectivity index (χ3v) is 4.58. The van der Waals surface area contributed by atoms with Gasteiger partial charge in [-0.15, -0.1) is 0 Å². The number of pyridine rings is 1. The molecule has 0 saturated carbocycles. The Kier molecular flexibility index (Phi) is 6.62.